The van der Waals surface area contributed by atoms with Crippen molar-refractivity contribution >= 4 is 42.4 Å². The number of rotatable bonds is 5. The Morgan fingerprint density at radius 1 is 1.00 bits per heavy atom. The number of amides is 1. The van der Waals surface area contributed by atoms with E-state index in [1.165, 1.54) is 17.6 Å². The minimum absolute atomic E-state index is 0.152. The Morgan fingerprint density at radius 3 is 2.37 bits per heavy atom. The summed E-state index contributed by atoms with van der Waals surface area (Å²) in [7, 11) is -3.32. The lowest BCUT2D eigenvalue weighted by atomic mass is 10.1. The summed E-state index contributed by atoms with van der Waals surface area (Å²) in [5.41, 5.74) is 3.30. The molecule has 7 heteroatoms. The van der Waals surface area contributed by atoms with Crippen LogP contribution in [0.1, 0.15) is 21.5 Å². The number of sulfone groups is 1. The van der Waals surface area contributed by atoms with Crippen molar-refractivity contribution < 1.29 is 13.2 Å². The third kappa shape index (κ3) is 4.27. The van der Waals surface area contributed by atoms with Crippen molar-refractivity contribution in [3.05, 3.63) is 89.5 Å². The Balaban J connectivity index is 1.78. The molecule has 4 rings (SSSR count). The molecular formula is C23H20N2O3S2. The number of carbonyl (C=O) groups is 1. The van der Waals surface area contributed by atoms with Crippen LogP contribution in [-0.4, -0.2) is 25.6 Å². The predicted molar refractivity (Wildman–Crippen MR) is 121 cm³/mol. The van der Waals surface area contributed by atoms with Crippen molar-refractivity contribution in [2.75, 3.05) is 11.2 Å². The van der Waals surface area contributed by atoms with Crippen molar-refractivity contribution in [1.29, 1.82) is 0 Å². The molecule has 0 aliphatic carbocycles. The second kappa shape index (κ2) is 8.01. The highest BCUT2D eigenvalue weighted by molar-refractivity contribution is 7.90. The van der Waals surface area contributed by atoms with Crippen molar-refractivity contribution in [3.8, 4) is 0 Å². The Kier molecular flexibility index (Phi) is 5.40. The molecule has 0 bridgehead atoms. The fourth-order valence-electron chi connectivity index (χ4n) is 3.08. The molecule has 30 heavy (non-hydrogen) atoms. The standard InChI is InChI=1S/C23H20N2O3S2/c1-16-8-10-18(11-9-16)22(26)25(15-17-6-4-3-5-7-17)23-24-20-13-12-19(30(2,27)28)14-21(20)29-23/h3-14H,15H2,1-2H3. The van der Waals surface area contributed by atoms with E-state index in [-0.39, 0.29) is 10.8 Å². The average Bonchev–Trinajstić information content (AvgIpc) is 3.15. The number of thiazole rings is 1. The van der Waals surface area contributed by atoms with Gasteiger partial charge in [0.15, 0.2) is 15.0 Å². The van der Waals surface area contributed by atoms with Crippen molar-refractivity contribution in [1.82, 2.24) is 4.98 Å². The number of aromatic nitrogens is 1. The topological polar surface area (TPSA) is 67.3 Å². The summed E-state index contributed by atoms with van der Waals surface area (Å²) in [6, 6.07) is 22.0. The number of nitrogens with zero attached hydrogens (tertiary/aromatic N) is 2. The van der Waals surface area contributed by atoms with E-state index in [1.807, 2.05) is 61.5 Å². The first-order valence-electron chi connectivity index (χ1n) is 9.34. The Bertz CT molecular complexity index is 1310. The number of carbonyl (C=O) groups excluding carboxylic acids is 1. The maximum Gasteiger partial charge on any atom is 0.260 e. The van der Waals surface area contributed by atoms with E-state index in [4.69, 9.17) is 0 Å². The lowest BCUT2D eigenvalue weighted by Crippen LogP contribution is -2.30. The second-order valence-corrected chi connectivity index (χ2v) is 10.2. The van der Waals surface area contributed by atoms with Crippen LogP contribution in [-0.2, 0) is 16.4 Å². The van der Waals surface area contributed by atoms with Crippen LogP contribution in [0.4, 0.5) is 5.13 Å². The van der Waals surface area contributed by atoms with E-state index in [0.717, 1.165) is 15.8 Å². The van der Waals surface area contributed by atoms with Gasteiger partial charge in [0.1, 0.15) is 0 Å². The number of aryl methyl sites for hydroxylation is 1. The third-order valence-electron chi connectivity index (χ3n) is 4.73. The molecule has 1 aromatic heterocycles. The SMILES string of the molecule is Cc1ccc(C(=O)N(Cc2ccccc2)c2nc3ccc(S(C)(=O)=O)cc3s2)cc1. The van der Waals surface area contributed by atoms with Crippen molar-refractivity contribution in [2.45, 2.75) is 18.4 Å². The molecule has 0 aliphatic rings. The lowest BCUT2D eigenvalue weighted by molar-refractivity contribution is 0.0985. The second-order valence-electron chi connectivity index (χ2n) is 7.14. The van der Waals surface area contributed by atoms with Gasteiger partial charge in [-0.1, -0.05) is 59.4 Å². The van der Waals surface area contributed by atoms with E-state index in [0.29, 0.717) is 22.8 Å². The largest absolute Gasteiger partial charge is 0.279 e. The van der Waals surface area contributed by atoms with Crippen LogP contribution in [0.5, 0.6) is 0 Å². The highest BCUT2D eigenvalue weighted by Crippen LogP contribution is 2.32. The minimum Gasteiger partial charge on any atom is -0.279 e. The van der Waals surface area contributed by atoms with Gasteiger partial charge in [0, 0.05) is 11.8 Å². The Labute approximate surface area is 179 Å². The normalized spacial score (nSPS) is 11.5. The fourth-order valence-corrected chi connectivity index (χ4v) is 4.81. The number of hydrogen-bond acceptors (Lipinski definition) is 5. The van der Waals surface area contributed by atoms with E-state index in [9.17, 15) is 13.2 Å². The highest BCUT2D eigenvalue weighted by Gasteiger charge is 2.22. The van der Waals surface area contributed by atoms with Crippen LogP contribution in [0, 0.1) is 6.92 Å². The number of fused-ring (bicyclic) bond motifs is 1. The van der Waals surface area contributed by atoms with E-state index >= 15 is 0 Å². The minimum atomic E-state index is -3.32. The summed E-state index contributed by atoms with van der Waals surface area (Å²) in [6.07, 6.45) is 1.18. The summed E-state index contributed by atoms with van der Waals surface area (Å²) in [5.74, 6) is -0.152. The summed E-state index contributed by atoms with van der Waals surface area (Å²) in [5, 5.41) is 0.532. The zero-order valence-electron chi connectivity index (χ0n) is 16.6. The monoisotopic (exact) mass is 436 g/mol. The summed E-state index contributed by atoms with van der Waals surface area (Å²) < 4.78 is 24.5. The number of anilines is 1. The molecule has 0 saturated heterocycles. The molecule has 5 nitrogen and oxygen atoms in total. The summed E-state index contributed by atoms with van der Waals surface area (Å²) >= 11 is 1.31. The fraction of sp³-hybridized carbons (Fsp3) is 0.130. The van der Waals surface area contributed by atoms with Gasteiger partial charge in [0.05, 0.1) is 21.7 Å². The van der Waals surface area contributed by atoms with Gasteiger partial charge in [-0.3, -0.25) is 9.69 Å². The molecule has 0 fully saturated rings. The maximum absolute atomic E-state index is 13.4. The highest BCUT2D eigenvalue weighted by atomic mass is 32.2. The first-order chi connectivity index (χ1) is 14.3. The molecule has 152 valence electrons. The molecule has 4 aromatic rings. The molecule has 0 atom stereocenters. The van der Waals surface area contributed by atoms with Crippen LogP contribution in [0.15, 0.2) is 77.7 Å². The zero-order valence-corrected chi connectivity index (χ0v) is 18.2. The zero-order chi connectivity index (χ0) is 21.3. The molecule has 0 saturated carbocycles. The maximum atomic E-state index is 13.4. The molecule has 0 radical (unpaired) electrons. The van der Waals surface area contributed by atoms with Crippen LogP contribution in [0.25, 0.3) is 10.2 Å². The summed E-state index contributed by atoms with van der Waals surface area (Å²) in [4.78, 5) is 19.9. The molecule has 0 aliphatic heterocycles. The van der Waals surface area contributed by atoms with Gasteiger partial charge in [-0.25, -0.2) is 13.4 Å². The average molecular weight is 437 g/mol. The van der Waals surface area contributed by atoms with Crippen molar-refractivity contribution in [3.63, 3.8) is 0 Å². The summed E-state index contributed by atoms with van der Waals surface area (Å²) in [6.45, 7) is 2.34. The van der Waals surface area contributed by atoms with Gasteiger partial charge < -0.3 is 0 Å². The molecule has 3 aromatic carbocycles. The molecule has 0 unspecified atom stereocenters. The Hall–Kier alpha value is -3.03. The van der Waals surface area contributed by atoms with E-state index in [2.05, 4.69) is 4.98 Å². The van der Waals surface area contributed by atoms with Gasteiger partial charge in [0.25, 0.3) is 5.91 Å². The van der Waals surface area contributed by atoms with Crippen LogP contribution < -0.4 is 4.90 Å². The smallest absolute Gasteiger partial charge is 0.260 e. The quantitative estimate of drug-likeness (QED) is 0.448. The first kappa shape index (κ1) is 20.3. The van der Waals surface area contributed by atoms with Gasteiger partial charge in [-0.2, -0.15) is 0 Å². The van der Waals surface area contributed by atoms with E-state index < -0.39 is 9.84 Å². The van der Waals surface area contributed by atoms with Gasteiger partial charge in [-0.15, -0.1) is 0 Å². The molecule has 1 heterocycles. The van der Waals surface area contributed by atoms with Gasteiger partial charge in [0.2, 0.25) is 0 Å². The van der Waals surface area contributed by atoms with E-state index in [1.54, 1.807) is 23.1 Å². The predicted octanol–water partition coefficient (Wildman–Crippen LogP) is 4.86. The molecule has 0 spiro atoms. The third-order valence-corrected chi connectivity index (χ3v) is 6.89. The van der Waals surface area contributed by atoms with Crippen molar-refractivity contribution in [2.24, 2.45) is 0 Å². The lowest BCUT2D eigenvalue weighted by Gasteiger charge is -2.20. The van der Waals surface area contributed by atoms with Crippen LogP contribution >= 0.6 is 11.3 Å². The molecular weight excluding hydrogens is 416 g/mol. The molecule has 0 N–H and O–H groups in total. The molecule has 1 amide bonds. The van der Waals surface area contributed by atoms with Crippen LogP contribution in [0.3, 0.4) is 0 Å². The Morgan fingerprint density at radius 2 is 1.70 bits per heavy atom. The number of hydrogen-bond donors (Lipinski definition) is 0. The number of benzene rings is 3. The van der Waals surface area contributed by atoms with Gasteiger partial charge in [-0.05, 0) is 42.8 Å². The first-order valence-corrected chi connectivity index (χ1v) is 12.1. The van der Waals surface area contributed by atoms with Crippen LogP contribution in [0.2, 0.25) is 0 Å². The van der Waals surface area contributed by atoms with Gasteiger partial charge >= 0.3 is 0 Å².